The van der Waals surface area contributed by atoms with Crippen LogP contribution < -0.4 is 9.62 Å². The molecule has 3 rings (SSSR count). The van der Waals surface area contributed by atoms with Crippen molar-refractivity contribution in [2.45, 2.75) is 18.3 Å². The van der Waals surface area contributed by atoms with Gasteiger partial charge in [0.05, 0.1) is 28.5 Å². The molecule has 0 bridgehead atoms. The van der Waals surface area contributed by atoms with E-state index in [1.807, 2.05) is 12.1 Å². The van der Waals surface area contributed by atoms with Gasteiger partial charge >= 0.3 is 0 Å². The SMILES string of the molecule is CN(c1cc(C(=O)Nc2ccc(C3(C#N)CC3)cc2)ccc1Cl)S(C)(=O)=O. The molecule has 0 radical (unpaired) electrons. The third-order valence-electron chi connectivity index (χ3n) is 4.70. The van der Waals surface area contributed by atoms with Crippen molar-refractivity contribution in [3.8, 4) is 6.07 Å². The Morgan fingerprint density at radius 3 is 2.37 bits per heavy atom. The van der Waals surface area contributed by atoms with Gasteiger partial charge in [-0.15, -0.1) is 0 Å². The minimum Gasteiger partial charge on any atom is -0.322 e. The fourth-order valence-electron chi connectivity index (χ4n) is 2.74. The average Bonchev–Trinajstić information content (AvgIpc) is 3.42. The number of hydrogen-bond acceptors (Lipinski definition) is 4. The Balaban J connectivity index is 1.80. The van der Waals surface area contributed by atoms with Crippen LogP contribution >= 0.6 is 11.6 Å². The van der Waals surface area contributed by atoms with Gasteiger partial charge in [0, 0.05) is 18.3 Å². The monoisotopic (exact) mass is 403 g/mol. The molecule has 1 saturated carbocycles. The summed E-state index contributed by atoms with van der Waals surface area (Å²) in [5.74, 6) is -0.385. The highest BCUT2D eigenvalue weighted by atomic mass is 35.5. The Morgan fingerprint density at radius 1 is 1.22 bits per heavy atom. The second-order valence-electron chi connectivity index (χ2n) is 6.62. The molecule has 2 aromatic carbocycles. The lowest BCUT2D eigenvalue weighted by Gasteiger charge is -2.19. The smallest absolute Gasteiger partial charge is 0.255 e. The summed E-state index contributed by atoms with van der Waals surface area (Å²) in [6.07, 6.45) is 2.78. The topological polar surface area (TPSA) is 90.3 Å². The van der Waals surface area contributed by atoms with Crippen molar-refractivity contribution in [2.75, 3.05) is 22.9 Å². The average molecular weight is 404 g/mol. The molecule has 0 atom stereocenters. The van der Waals surface area contributed by atoms with Crippen LogP contribution in [-0.2, 0) is 15.4 Å². The Bertz CT molecular complexity index is 1040. The van der Waals surface area contributed by atoms with Crippen LogP contribution in [0.4, 0.5) is 11.4 Å². The first-order valence-electron chi connectivity index (χ1n) is 8.23. The van der Waals surface area contributed by atoms with Gasteiger partial charge in [-0.05, 0) is 48.7 Å². The van der Waals surface area contributed by atoms with Crippen LogP contribution in [0, 0.1) is 11.3 Å². The quantitative estimate of drug-likeness (QED) is 0.826. The van der Waals surface area contributed by atoms with Crippen molar-refractivity contribution < 1.29 is 13.2 Å². The first kappa shape index (κ1) is 19.2. The molecule has 0 saturated heterocycles. The number of sulfonamides is 1. The maximum Gasteiger partial charge on any atom is 0.255 e. The molecule has 27 heavy (non-hydrogen) atoms. The van der Waals surface area contributed by atoms with Crippen LogP contribution in [0.1, 0.15) is 28.8 Å². The molecule has 2 aromatic rings. The van der Waals surface area contributed by atoms with Crippen molar-refractivity contribution in [1.29, 1.82) is 5.26 Å². The summed E-state index contributed by atoms with van der Waals surface area (Å²) in [6, 6.07) is 14.0. The first-order chi connectivity index (χ1) is 12.7. The molecule has 1 aliphatic carbocycles. The van der Waals surface area contributed by atoms with Crippen molar-refractivity contribution in [1.82, 2.24) is 0 Å². The number of nitrogens with one attached hydrogen (secondary N) is 1. The number of nitriles is 1. The zero-order valence-electron chi connectivity index (χ0n) is 14.9. The zero-order valence-corrected chi connectivity index (χ0v) is 16.4. The summed E-state index contributed by atoms with van der Waals surface area (Å²) in [4.78, 5) is 12.5. The fourth-order valence-corrected chi connectivity index (χ4v) is 3.54. The molecule has 0 heterocycles. The van der Waals surface area contributed by atoms with Gasteiger partial charge in [-0.3, -0.25) is 9.10 Å². The van der Waals surface area contributed by atoms with Gasteiger partial charge in [-0.25, -0.2) is 8.42 Å². The highest BCUT2D eigenvalue weighted by molar-refractivity contribution is 7.92. The lowest BCUT2D eigenvalue weighted by atomic mass is 9.97. The van der Waals surface area contributed by atoms with Gasteiger partial charge in [-0.1, -0.05) is 23.7 Å². The molecule has 0 spiro atoms. The molecule has 1 aliphatic rings. The number of carbonyl (C=O) groups excluding carboxylic acids is 1. The predicted molar refractivity (Wildman–Crippen MR) is 106 cm³/mol. The summed E-state index contributed by atoms with van der Waals surface area (Å²) in [6.45, 7) is 0. The van der Waals surface area contributed by atoms with E-state index in [0.717, 1.165) is 29.0 Å². The summed E-state index contributed by atoms with van der Waals surface area (Å²) in [5.41, 5.74) is 1.68. The first-order valence-corrected chi connectivity index (χ1v) is 10.5. The summed E-state index contributed by atoms with van der Waals surface area (Å²) in [5, 5.41) is 12.2. The van der Waals surface area contributed by atoms with Crippen LogP contribution in [0.15, 0.2) is 42.5 Å². The van der Waals surface area contributed by atoms with Gasteiger partial charge < -0.3 is 5.32 Å². The van der Waals surface area contributed by atoms with E-state index in [9.17, 15) is 18.5 Å². The largest absolute Gasteiger partial charge is 0.322 e. The minimum atomic E-state index is -3.50. The van der Waals surface area contributed by atoms with E-state index >= 15 is 0 Å². The van der Waals surface area contributed by atoms with Gasteiger partial charge in [0.15, 0.2) is 0 Å². The molecule has 8 heteroatoms. The normalized spacial score (nSPS) is 14.9. The van der Waals surface area contributed by atoms with Crippen LogP contribution in [0.2, 0.25) is 5.02 Å². The molecular formula is C19H18ClN3O3S. The van der Waals surface area contributed by atoms with E-state index < -0.39 is 10.0 Å². The minimum absolute atomic E-state index is 0.229. The lowest BCUT2D eigenvalue weighted by molar-refractivity contribution is 0.102. The van der Waals surface area contributed by atoms with Gasteiger partial charge in [0.25, 0.3) is 5.91 Å². The number of halogens is 1. The number of carbonyl (C=O) groups is 1. The Morgan fingerprint density at radius 2 is 1.85 bits per heavy atom. The predicted octanol–water partition coefficient (Wildman–Crippen LogP) is 3.54. The molecular weight excluding hydrogens is 386 g/mol. The number of benzene rings is 2. The number of rotatable bonds is 5. The van der Waals surface area contributed by atoms with Gasteiger partial charge in [-0.2, -0.15) is 5.26 Å². The lowest BCUT2D eigenvalue weighted by Crippen LogP contribution is -2.25. The second kappa shape index (κ2) is 6.87. The summed E-state index contributed by atoms with van der Waals surface area (Å²) < 4.78 is 24.5. The van der Waals surface area contributed by atoms with E-state index in [0.29, 0.717) is 5.69 Å². The van der Waals surface area contributed by atoms with E-state index in [2.05, 4.69) is 11.4 Å². The maximum atomic E-state index is 12.5. The Labute approximate surface area is 163 Å². The van der Waals surface area contributed by atoms with Gasteiger partial charge in [0.1, 0.15) is 0 Å². The van der Waals surface area contributed by atoms with E-state index in [4.69, 9.17) is 11.6 Å². The number of amides is 1. The van der Waals surface area contributed by atoms with E-state index in [-0.39, 0.29) is 27.6 Å². The van der Waals surface area contributed by atoms with Crippen molar-refractivity contribution in [3.05, 3.63) is 58.6 Å². The Kier molecular flexibility index (Phi) is 4.89. The molecule has 140 valence electrons. The van der Waals surface area contributed by atoms with Crippen LogP contribution in [0.25, 0.3) is 0 Å². The zero-order chi connectivity index (χ0) is 19.8. The molecule has 0 unspecified atom stereocenters. The standard InChI is InChI=1S/C19H18ClN3O3S/c1-23(27(2,25)26)17-11-13(3-8-16(17)20)18(24)22-15-6-4-14(5-7-15)19(12-21)9-10-19/h3-8,11H,9-10H2,1-2H3,(H,22,24). The van der Waals surface area contributed by atoms with Crippen molar-refractivity contribution in [3.63, 3.8) is 0 Å². The van der Waals surface area contributed by atoms with Crippen LogP contribution in [-0.4, -0.2) is 27.6 Å². The molecule has 6 nitrogen and oxygen atoms in total. The van der Waals surface area contributed by atoms with Crippen molar-refractivity contribution >= 4 is 38.9 Å². The van der Waals surface area contributed by atoms with Crippen LogP contribution in [0.3, 0.4) is 0 Å². The fraction of sp³-hybridized carbons (Fsp3) is 0.263. The molecule has 1 fully saturated rings. The summed E-state index contributed by atoms with van der Waals surface area (Å²) in [7, 11) is -2.13. The van der Waals surface area contributed by atoms with Gasteiger partial charge in [0.2, 0.25) is 10.0 Å². The molecule has 0 aromatic heterocycles. The highest BCUT2D eigenvalue weighted by Crippen LogP contribution is 2.47. The number of hydrogen-bond donors (Lipinski definition) is 1. The van der Waals surface area contributed by atoms with E-state index in [1.54, 1.807) is 12.1 Å². The maximum absolute atomic E-state index is 12.5. The Hall–Kier alpha value is -2.56. The number of nitrogens with zero attached hydrogens (tertiary/aromatic N) is 2. The van der Waals surface area contributed by atoms with Crippen LogP contribution in [0.5, 0.6) is 0 Å². The molecule has 1 N–H and O–H groups in total. The molecule has 0 aliphatic heterocycles. The highest BCUT2D eigenvalue weighted by Gasteiger charge is 2.44. The number of anilines is 2. The summed E-state index contributed by atoms with van der Waals surface area (Å²) >= 11 is 6.08. The third kappa shape index (κ3) is 3.92. The molecule has 1 amide bonds. The third-order valence-corrected chi connectivity index (χ3v) is 6.22. The van der Waals surface area contributed by atoms with E-state index in [1.165, 1.54) is 25.2 Å². The van der Waals surface area contributed by atoms with Crippen molar-refractivity contribution in [2.24, 2.45) is 0 Å². The second-order valence-corrected chi connectivity index (χ2v) is 9.04.